The van der Waals surface area contributed by atoms with Crippen molar-refractivity contribution in [1.82, 2.24) is 15.1 Å². The number of halogens is 1. The summed E-state index contributed by atoms with van der Waals surface area (Å²) >= 11 is 9.59. The van der Waals surface area contributed by atoms with Crippen LogP contribution in [0.3, 0.4) is 0 Å². The summed E-state index contributed by atoms with van der Waals surface area (Å²) in [5.74, 6) is 0.535. The molecule has 3 heterocycles. The van der Waals surface area contributed by atoms with E-state index in [-0.39, 0.29) is 34.8 Å². The summed E-state index contributed by atoms with van der Waals surface area (Å²) in [6.07, 6.45) is 0.701. The predicted molar refractivity (Wildman–Crippen MR) is 148 cm³/mol. The Morgan fingerprint density at radius 3 is 2.75 bits per heavy atom. The van der Waals surface area contributed by atoms with Crippen molar-refractivity contribution >= 4 is 52.3 Å². The molecule has 1 N–H and O–H groups in total. The molecule has 0 spiro atoms. The van der Waals surface area contributed by atoms with E-state index in [1.54, 1.807) is 45.9 Å². The zero-order valence-corrected chi connectivity index (χ0v) is 23.3. The van der Waals surface area contributed by atoms with E-state index in [4.69, 9.17) is 21.4 Å². The van der Waals surface area contributed by atoms with Crippen LogP contribution in [0.15, 0.2) is 41.8 Å². The molecule has 0 radical (unpaired) electrons. The first-order chi connectivity index (χ1) is 17.2. The van der Waals surface area contributed by atoms with E-state index in [1.165, 1.54) is 0 Å². The summed E-state index contributed by atoms with van der Waals surface area (Å²) in [5, 5.41) is 10.5. The fourth-order valence-corrected chi connectivity index (χ4v) is 6.53. The van der Waals surface area contributed by atoms with Crippen LogP contribution in [0.5, 0.6) is 0 Å². The second-order valence-electron chi connectivity index (χ2n) is 9.61. The molecule has 1 atom stereocenters. The van der Waals surface area contributed by atoms with Gasteiger partial charge in [-0.3, -0.25) is 14.5 Å². The van der Waals surface area contributed by atoms with Gasteiger partial charge in [0.2, 0.25) is 11.8 Å². The number of thiophene rings is 1. The number of amides is 2. The Balaban J connectivity index is 1.88. The van der Waals surface area contributed by atoms with E-state index >= 15 is 0 Å². The Kier molecular flexibility index (Phi) is 8.44. The molecule has 0 unspecified atom stereocenters. The quantitative estimate of drug-likeness (QED) is 0.393. The lowest BCUT2D eigenvalue weighted by molar-refractivity contribution is -0.122. The molecule has 3 aromatic rings. The van der Waals surface area contributed by atoms with Crippen LogP contribution in [0.2, 0.25) is 5.02 Å². The molecular formula is C26H31ClN4O3S2. The maximum Gasteiger partial charge on any atom is 0.240 e. The number of ether oxygens (including phenoxy) is 1. The Hall–Kier alpha value is -2.33. The SMILES string of the molecule is COCCCNC(=O)CN1C(=O)CS[C@@H](c2cccs2)c2c(C(C)(C)C)nn(-c3cccc(Cl)c3)c21. The molecule has 4 rings (SSSR count). The molecule has 0 bridgehead atoms. The highest BCUT2D eigenvalue weighted by atomic mass is 35.5. The molecule has 1 aromatic carbocycles. The number of rotatable bonds is 8. The minimum atomic E-state index is -0.300. The topological polar surface area (TPSA) is 76.5 Å². The molecule has 36 heavy (non-hydrogen) atoms. The summed E-state index contributed by atoms with van der Waals surface area (Å²) in [7, 11) is 1.63. The van der Waals surface area contributed by atoms with Crippen LogP contribution in [-0.4, -0.2) is 54.2 Å². The van der Waals surface area contributed by atoms with Gasteiger partial charge < -0.3 is 10.1 Å². The van der Waals surface area contributed by atoms with Crippen LogP contribution < -0.4 is 10.2 Å². The number of methoxy groups -OCH3 is 1. The van der Waals surface area contributed by atoms with Crippen molar-refractivity contribution in [3.05, 3.63) is 62.9 Å². The first-order valence-electron chi connectivity index (χ1n) is 11.8. The average molecular weight is 547 g/mol. The van der Waals surface area contributed by atoms with Gasteiger partial charge in [0.1, 0.15) is 12.4 Å². The highest BCUT2D eigenvalue weighted by Crippen LogP contribution is 2.49. The Labute approximate surface area is 225 Å². The maximum absolute atomic E-state index is 13.6. The molecule has 192 valence electrons. The molecule has 0 aliphatic carbocycles. The maximum atomic E-state index is 13.6. The van der Waals surface area contributed by atoms with Crippen molar-refractivity contribution < 1.29 is 14.3 Å². The minimum absolute atomic E-state index is 0.0825. The van der Waals surface area contributed by atoms with E-state index in [0.717, 1.165) is 21.8 Å². The van der Waals surface area contributed by atoms with Gasteiger partial charge in [0.15, 0.2) is 0 Å². The molecule has 7 nitrogen and oxygen atoms in total. The van der Waals surface area contributed by atoms with Gasteiger partial charge in [-0.25, -0.2) is 4.68 Å². The third kappa shape index (κ3) is 5.80. The van der Waals surface area contributed by atoms with Gasteiger partial charge in [0.25, 0.3) is 0 Å². The standard InChI is InChI=1S/C26H31ClN4O3S2/c1-26(2,3)24-22-23(19-10-6-13-35-19)36-16-21(33)30(15-20(32)28-11-7-12-34-4)25(22)31(29-24)18-9-5-8-17(27)14-18/h5-6,8-10,13-14,23H,7,11-12,15-16H2,1-4H3,(H,28,32)/t23-/m0/s1. The number of anilines is 1. The van der Waals surface area contributed by atoms with Gasteiger partial charge in [-0.05, 0) is 36.1 Å². The Morgan fingerprint density at radius 1 is 1.28 bits per heavy atom. The fourth-order valence-electron chi connectivity index (χ4n) is 4.17. The number of carbonyl (C=O) groups is 2. The van der Waals surface area contributed by atoms with Gasteiger partial charge in [-0.2, -0.15) is 5.10 Å². The van der Waals surface area contributed by atoms with Crippen molar-refractivity contribution in [2.24, 2.45) is 0 Å². The molecule has 1 aliphatic rings. The number of aromatic nitrogens is 2. The Bertz CT molecular complexity index is 1220. The summed E-state index contributed by atoms with van der Waals surface area (Å²) in [4.78, 5) is 29.2. The number of carbonyl (C=O) groups excluding carboxylic acids is 2. The van der Waals surface area contributed by atoms with Gasteiger partial charge in [-0.15, -0.1) is 23.1 Å². The lowest BCUT2D eigenvalue weighted by atomic mass is 9.88. The summed E-state index contributed by atoms with van der Waals surface area (Å²) in [5.41, 5.74) is 2.30. The van der Waals surface area contributed by atoms with Crippen LogP contribution in [0.1, 0.15) is 48.6 Å². The molecule has 0 saturated heterocycles. The van der Waals surface area contributed by atoms with E-state index in [9.17, 15) is 9.59 Å². The second-order valence-corrected chi connectivity index (χ2v) is 12.1. The van der Waals surface area contributed by atoms with Crippen molar-refractivity contribution in [2.45, 2.75) is 37.9 Å². The predicted octanol–water partition coefficient (Wildman–Crippen LogP) is 5.21. The number of benzene rings is 1. The van der Waals surface area contributed by atoms with Crippen LogP contribution >= 0.6 is 34.7 Å². The van der Waals surface area contributed by atoms with Crippen molar-refractivity contribution in [3.63, 3.8) is 0 Å². The Morgan fingerprint density at radius 2 is 2.08 bits per heavy atom. The normalized spacial score (nSPS) is 16.1. The molecule has 2 aromatic heterocycles. The number of nitrogens with zero attached hydrogens (tertiary/aromatic N) is 3. The first kappa shape index (κ1) is 26.7. The highest BCUT2D eigenvalue weighted by molar-refractivity contribution is 8.00. The van der Waals surface area contributed by atoms with E-state index in [1.807, 2.05) is 29.6 Å². The molecule has 10 heteroatoms. The van der Waals surface area contributed by atoms with Gasteiger partial charge in [0, 0.05) is 41.1 Å². The number of hydrogen-bond donors (Lipinski definition) is 1. The highest BCUT2D eigenvalue weighted by Gasteiger charge is 2.40. The van der Waals surface area contributed by atoms with Gasteiger partial charge >= 0.3 is 0 Å². The number of fused-ring (bicyclic) bond motifs is 1. The van der Waals surface area contributed by atoms with Crippen LogP contribution in [0.4, 0.5) is 5.82 Å². The molecular weight excluding hydrogens is 516 g/mol. The van der Waals surface area contributed by atoms with E-state index in [2.05, 4.69) is 32.2 Å². The molecule has 0 saturated carbocycles. The first-order valence-corrected chi connectivity index (χ1v) is 14.1. The van der Waals surface area contributed by atoms with Crippen LogP contribution in [-0.2, 0) is 19.7 Å². The minimum Gasteiger partial charge on any atom is -0.385 e. The van der Waals surface area contributed by atoms with E-state index in [0.29, 0.717) is 30.4 Å². The van der Waals surface area contributed by atoms with Crippen LogP contribution in [0.25, 0.3) is 5.69 Å². The monoisotopic (exact) mass is 546 g/mol. The molecule has 2 amide bonds. The largest absolute Gasteiger partial charge is 0.385 e. The lowest BCUT2D eigenvalue weighted by Gasteiger charge is -2.24. The second kappa shape index (κ2) is 11.4. The number of nitrogens with one attached hydrogen (secondary N) is 1. The summed E-state index contributed by atoms with van der Waals surface area (Å²) in [6, 6.07) is 11.5. The fraction of sp³-hybridized carbons (Fsp3) is 0.423. The molecule has 1 aliphatic heterocycles. The number of hydrogen-bond acceptors (Lipinski definition) is 6. The van der Waals surface area contributed by atoms with Crippen LogP contribution in [0, 0.1) is 0 Å². The lowest BCUT2D eigenvalue weighted by Crippen LogP contribution is -2.42. The van der Waals surface area contributed by atoms with Crippen molar-refractivity contribution in [3.8, 4) is 5.69 Å². The average Bonchev–Trinajstić information content (AvgIpc) is 3.47. The van der Waals surface area contributed by atoms with Gasteiger partial charge in [-0.1, -0.05) is 44.5 Å². The summed E-state index contributed by atoms with van der Waals surface area (Å²) in [6.45, 7) is 7.30. The third-order valence-electron chi connectivity index (χ3n) is 5.80. The van der Waals surface area contributed by atoms with Crippen molar-refractivity contribution in [1.29, 1.82) is 0 Å². The zero-order valence-electron chi connectivity index (χ0n) is 20.9. The third-order valence-corrected chi connectivity index (χ3v) is 8.36. The van der Waals surface area contributed by atoms with E-state index < -0.39 is 0 Å². The number of thioether (sulfide) groups is 1. The smallest absolute Gasteiger partial charge is 0.240 e. The van der Waals surface area contributed by atoms with Gasteiger partial charge in [0.05, 0.1) is 22.4 Å². The zero-order chi connectivity index (χ0) is 25.9. The summed E-state index contributed by atoms with van der Waals surface area (Å²) < 4.78 is 6.85. The van der Waals surface area contributed by atoms with Crippen molar-refractivity contribution in [2.75, 3.05) is 37.5 Å². The molecule has 0 fully saturated rings.